The summed E-state index contributed by atoms with van der Waals surface area (Å²) >= 11 is 0. The molecule has 2 aromatic carbocycles. The molecule has 0 unspecified atom stereocenters. The summed E-state index contributed by atoms with van der Waals surface area (Å²) in [5.41, 5.74) is 2.83. The fraction of sp³-hybridized carbons (Fsp3) is 0.370. The number of fused-ring (bicyclic) bond motifs is 1. The molecule has 4 aromatic rings. The number of furan rings is 1. The lowest BCUT2D eigenvalue weighted by Crippen LogP contribution is -2.31. The number of nitrogens with zero attached hydrogens (tertiary/aromatic N) is 2. The van der Waals surface area contributed by atoms with Crippen molar-refractivity contribution >= 4 is 26.7 Å². The molecule has 2 heterocycles. The number of imidazole rings is 1. The zero-order valence-corrected chi connectivity index (χ0v) is 20.7. The first-order valence-corrected chi connectivity index (χ1v) is 13.8. The van der Waals surface area contributed by atoms with Gasteiger partial charge in [0.2, 0.25) is 10.0 Å². The molecule has 2 aromatic heterocycles. The largest absolute Gasteiger partial charge is 0.455 e. The van der Waals surface area contributed by atoms with Crippen LogP contribution in [0.25, 0.3) is 33.7 Å². The number of anilines is 1. The molecule has 0 bridgehead atoms. The number of hydrogen-bond acceptors (Lipinski definition) is 4. The first kappa shape index (κ1) is 21.2. The predicted molar refractivity (Wildman–Crippen MR) is 137 cm³/mol. The van der Waals surface area contributed by atoms with Gasteiger partial charge < -0.3 is 9.40 Å². The quantitative estimate of drug-likeness (QED) is 0.243. The molecule has 0 saturated heterocycles. The molecule has 1 fully saturated rings. The van der Waals surface area contributed by atoms with Crippen molar-refractivity contribution in [2.75, 3.05) is 17.1 Å². The van der Waals surface area contributed by atoms with Gasteiger partial charge in [-0.3, -0.25) is 4.31 Å². The molecular weight excluding hydrogens is 465 g/mol. The first-order valence-electron chi connectivity index (χ1n) is 13.0. The Balaban J connectivity index is 1.75. The number of halogens is 1. The van der Waals surface area contributed by atoms with E-state index in [1.165, 1.54) is 12.1 Å². The van der Waals surface area contributed by atoms with Crippen molar-refractivity contribution in [3.8, 4) is 22.7 Å². The lowest BCUT2D eigenvalue weighted by Gasteiger charge is -2.25. The summed E-state index contributed by atoms with van der Waals surface area (Å²) in [6.07, 6.45) is 8.57. The highest BCUT2D eigenvalue weighted by Crippen LogP contribution is 2.49. The standard InChI is InChI=1S/C27H30FN3O3S/c1-3-4-5-6-15-31(35(2,32)33)23-17-24-22(16-21(23)18-7-8-18)25(27-29-13-14-30-27)26(34-24)19-9-11-20(28)12-10-19/h9-14,16-18H,3-8,15H2,1-2H3,(H,29,30)/i15D2. The summed E-state index contributed by atoms with van der Waals surface area (Å²) in [6, 6.07) is 9.50. The molecule has 0 amide bonds. The van der Waals surface area contributed by atoms with Crippen LogP contribution in [0.4, 0.5) is 10.1 Å². The number of aromatic nitrogens is 2. The van der Waals surface area contributed by atoms with Gasteiger partial charge in [-0.1, -0.05) is 26.2 Å². The summed E-state index contributed by atoms with van der Waals surface area (Å²) in [4.78, 5) is 7.55. The van der Waals surface area contributed by atoms with E-state index in [1.54, 1.807) is 30.6 Å². The monoisotopic (exact) mass is 497 g/mol. The SMILES string of the molecule is [2H]C([2H])(CCCCC)N(c1cc2oc(-c3ccc(F)cc3)c(-c3ncc[nH]3)c2cc1C1CC1)S(C)(=O)=O. The molecule has 6 nitrogen and oxygen atoms in total. The van der Waals surface area contributed by atoms with Crippen LogP contribution in [0.5, 0.6) is 0 Å². The van der Waals surface area contributed by atoms with Crippen molar-refractivity contribution in [1.82, 2.24) is 9.97 Å². The van der Waals surface area contributed by atoms with Gasteiger partial charge in [0.15, 0.2) is 0 Å². The van der Waals surface area contributed by atoms with Crippen molar-refractivity contribution < 1.29 is 20.0 Å². The molecule has 1 aliphatic rings. The molecule has 0 atom stereocenters. The van der Waals surface area contributed by atoms with Gasteiger partial charge in [-0.2, -0.15) is 0 Å². The number of sulfonamides is 1. The van der Waals surface area contributed by atoms with E-state index in [-0.39, 0.29) is 18.2 Å². The van der Waals surface area contributed by atoms with Crippen LogP contribution < -0.4 is 4.31 Å². The fourth-order valence-corrected chi connectivity index (χ4v) is 5.27. The maximum Gasteiger partial charge on any atom is 0.232 e. The van der Waals surface area contributed by atoms with Gasteiger partial charge in [-0.05, 0) is 61.1 Å². The molecule has 0 spiro atoms. The molecule has 0 aliphatic heterocycles. The third kappa shape index (κ3) is 4.85. The van der Waals surface area contributed by atoms with Crippen molar-refractivity contribution in [3.63, 3.8) is 0 Å². The Labute approximate surface area is 208 Å². The topological polar surface area (TPSA) is 79.2 Å². The maximum absolute atomic E-state index is 13.7. The highest BCUT2D eigenvalue weighted by molar-refractivity contribution is 7.92. The predicted octanol–water partition coefficient (Wildman–Crippen LogP) is 6.85. The van der Waals surface area contributed by atoms with Gasteiger partial charge in [-0.25, -0.2) is 17.8 Å². The number of benzene rings is 2. The third-order valence-corrected chi connectivity index (χ3v) is 7.27. The van der Waals surface area contributed by atoms with Crippen LogP contribution in [0.2, 0.25) is 0 Å². The zero-order valence-electron chi connectivity index (χ0n) is 21.8. The van der Waals surface area contributed by atoms with E-state index in [9.17, 15) is 12.8 Å². The molecule has 1 aliphatic carbocycles. The number of aromatic amines is 1. The number of nitrogens with one attached hydrogen (secondary N) is 1. The van der Waals surface area contributed by atoms with Crippen molar-refractivity contribution in [2.24, 2.45) is 0 Å². The van der Waals surface area contributed by atoms with Crippen molar-refractivity contribution in [1.29, 1.82) is 0 Å². The van der Waals surface area contributed by atoms with Gasteiger partial charge in [0, 0.05) is 35.9 Å². The molecule has 8 heteroatoms. The van der Waals surface area contributed by atoms with Crippen LogP contribution in [-0.4, -0.2) is 31.1 Å². The van der Waals surface area contributed by atoms with E-state index < -0.39 is 16.5 Å². The van der Waals surface area contributed by atoms with Crippen LogP contribution in [0.1, 0.15) is 59.7 Å². The molecular formula is C27H30FN3O3S. The average Bonchev–Trinajstić information content (AvgIpc) is 3.39. The summed E-state index contributed by atoms with van der Waals surface area (Å²) < 4.78 is 64.5. The van der Waals surface area contributed by atoms with Gasteiger partial charge >= 0.3 is 0 Å². The van der Waals surface area contributed by atoms with Crippen LogP contribution >= 0.6 is 0 Å². The second kappa shape index (κ2) is 9.49. The van der Waals surface area contributed by atoms with Gasteiger partial charge in [0.1, 0.15) is 23.0 Å². The highest BCUT2D eigenvalue weighted by Gasteiger charge is 2.32. The van der Waals surface area contributed by atoms with Gasteiger partial charge in [0.05, 0.1) is 20.2 Å². The number of rotatable bonds is 10. The van der Waals surface area contributed by atoms with E-state index >= 15 is 0 Å². The fourth-order valence-electron chi connectivity index (χ4n) is 4.42. The Hall–Kier alpha value is -3.13. The van der Waals surface area contributed by atoms with E-state index in [2.05, 4.69) is 9.97 Å². The third-order valence-electron chi connectivity index (χ3n) is 6.28. The average molecular weight is 498 g/mol. The molecule has 0 radical (unpaired) electrons. The molecule has 35 heavy (non-hydrogen) atoms. The summed E-state index contributed by atoms with van der Waals surface area (Å²) in [6.45, 7) is -0.0778. The van der Waals surface area contributed by atoms with E-state index in [1.807, 2.05) is 13.0 Å². The number of hydrogen-bond donors (Lipinski definition) is 1. The number of unbranched alkanes of at least 4 members (excludes halogenated alkanes) is 2. The smallest absolute Gasteiger partial charge is 0.232 e. The first-order chi connectivity index (χ1) is 17.6. The van der Waals surface area contributed by atoms with E-state index in [0.717, 1.165) is 47.2 Å². The lowest BCUT2D eigenvalue weighted by molar-refractivity contribution is 0.591. The second-order valence-corrected chi connectivity index (χ2v) is 10.9. The van der Waals surface area contributed by atoms with Crippen LogP contribution in [0.15, 0.2) is 53.2 Å². The highest BCUT2D eigenvalue weighted by atomic mass is 32.2. The summed E-state index contributed by atoms with van der Waals surface area (Å²) in [5.74, 6) is 0.804. The summed E-state index contributed by atoms with van der Waals surface area (Å²) in [5, 5.41) is 0.736. The van der Waals surface area contributed by atoms with Gasteiger partial charge in [0.25, 0.3) is 0 Å². The van der Waals surface area contributed by atoms with Crippen molar-refractivity contribution in [3.05, 3.63) is 60.2 Å². The second-order valence-electron chi connectivity index (χ2n) is 9.07. The molecule has 184 valence electrons. The Morgan fingerprint density at radius 3 is 2.60 bits per heavy atom. The Kier molecular flexibility index (Phi) is 5.74. The maximum atomic E-state index is 13.7. The Morgan fingerprint density at radius 2 is 1.97 bits per heavy atom. The molecule has 1 saturated carbocycles. The van der Waals surface area contributed by atoms with Crippen molar-refractivity contribution in [2.45, 2.75) is 51.4 Å². The van der Waals surface area contributed by atoms with Crippen LogP contribution in [0, 0.1) is 5.82 Å². The van der Waals surface area contributed by atoms with Crippen LogP contribution in [-0.2, 0) is 10.0 Å². The minimum absolute atomic E-state index is 0.0900. The molecule has 1 N–H and O–H groups in total. The zero-order chi connectivity index (χ0) is 26.4. The lowest BCUT2D eigenvalue weighted by atomic mass is 10.0. The van der Waals surface area contributed by atoms with Gasteiger partial charge in [-0.15, -0.1) is 0 Å². The normalized spacial score (nSPS) is 15.3. The van der Waals surface area contributed by atoms with E-state index in [4.69, 9.17) is 7.16 Å². The Bertz CT molecular complexity index is 1510. The minimum atomic E-state index is -3.96. The summed E-state index contributed by atoms with van der Waals surface area (Å²) in [7, 11) is -3.96. The minimum Gasteiger partial charge on any atom is -0.455 e. The van der Waals surface area contributed by atoms with Crippen LogP contribution in [0.3, 0.4) is 0 Å². The Morgan fingerprint density at radius 1 is 1.20 bits per heavy atom. The van der Waals surface area contributed by atoms with E-state index in [0.29, 0.717) is 40.4 Å². The number of H-pyrrole nitrogens is 1. The molecule has 5 rings (SSSR count).